The van der Waals surface area contributed by atoms with Gasteiger partial charge >= 0.3 is 5.97 Å². The first-order valence-electron chi connectivity index (χ1n) is 8.57. The average molecular weight is 341 g/mol. The second kappa shape index (κ2) is 7.51. The molecular weight excluding hydrogens is 318 g/mol. The normalized spacial score (nSPS) is 20.3. The van der Waals surface area contributed by atoms with Crippen molar-refractivity contribution < 1.29 is 14.3 Å². The number of benzene rings is 1. The molecule has 25 heavy (non-hydrogen) atoms. The van der Waals surface area contributed by atoms with E-state index >= 15 is 0 Å². The van der Waals surface area contributed by atoms with Crippen LogP contribution in [0.3, 0.4) is 0 Å². The van der Waals surface area contributed by atoms with Gasteiger partial charge in [0.05, 0.1) is 12.0 Å². The van der Waals surface area contributed by atoms with Crippen LogP contribution in [0.2, 0.25) is 0 Å². The summed E-state index contributed by atoms with van der Waals surface area (Å²) in [5.74, 6) is -0.277. The first-order valence-corrected chi connectivity index (χ1v) is 8.57. The Bertz CT molecular complexity index is 715. The molecule has 0 saturated carbocycles. The van der Waals surface area contributed by atoms with E-state index in [4.69, 9.17) is 4.74 Å². The third kappa shape index (κ3) is 4.07. The van der Waals surface area contributed by atoms with E-state index < -0.39 is 5.41 Å². The molecule has 2 aromatic rings. The summed E-state index contributed by atoms with van der Waals surface area (Å²) >= 11 is 0. The summed E-state index contributed by atoms with van der Waals surface area (Å²) in [5, 5.41) is 4.08. The van der Waals surface area contributed by atoms with Crippen molar-refractivity contribution in [1.82, 2.24) is 14.7 Å². The topological polar surface area (TPSA) is 64.4 Å². The third-order valence-corrected chi connectivity index (χ3v) is 4.61. The summed E-state index contributed by atoms with van der Waals surface area (Å²) in [7, 11) is 0. The number of aromatic nitrogens is 2. The molecule has 1 amide bonds. The molecule has 1 saturated heterocycles. The fourth-order valence-electron chi connectivity index (χ4n) is 3.18. The van der Waals surface area contributed by atoms with Crippen LogP contribution < -0.4 is 0 Å². The van der Waals surface area contributed by atoms with E-state index in [-0.39, 0.29) is 18.5 Å². The second-order valence-electron chi connectivity index (χ2n) is 6.66. The van der Waals surface area contributed by atoms with Crippen LogP contribution in [-0.2, 0) is 16.1 Å². The molecule has 1 aliphatic rings. The number of hydrogen-bond acceptors (Lipinski definition) is 4. The minimum atomic E-state index is -0.660. The van der Waals surface area contributed by atoms with Crippen LogP contribution in [0.1, 0.15) is 30.1 Å². The van der Waals surface area contributed by atoms with Gasteiger partial charge in [-0.15, -0.1) is 0 Å². The Morgan fingerprint density at radius 1 is 1.24 bits per heavy atom. The van der Waals surface area contributed by atoms with Crippen LogP contribution in [0.5, 0.6) is 0 Å². The zero-order chi connectivity index (χ0) is 17.7. The molecule has 0 bridgehead atoms. The van der Waals surface area contributed by atoms with Crippen molar-refractivity contribution in [3.05, 3.63) is 54.4 Å². The maximum Gasteiger partial charge on any atom is 0.313 e. The lowest BCUT2D eigenvalue weighted by molar-refractivity contribution is -0.157. The zero-order valence-corrected chi connectivity index (χ0v) is 14.4. The second-order valence-corrected chi connectivity index (χ2v) is 6.66. The van der Waals surface area contributed by atoms with Gasteiger partial charge in [-0.1, -0.05) is 18.2 Å². The minimum absolute atomic E-state index is 0.0316. The van der Waals surface area contributed by atoms with E-state index in [0.717, 1.165) is 12.8 Å². The smallest absolute Gasteiger partial charge is 0.313 e. The van der Waals surface area contributed by atoms with E-state index in [2.05, 4.69) is 5.10 Å². The van der Waals surface area contributed by atoms with Crippen LogP contribution in [0.4, 0.5) is 0 Å². The average Bonchev–Trinajstić information content (AvgIpc) is 3.15. The van der Waals surface area contributed by atoms with Gasteiger partial charge in [-0.05, 0) is 38.0 Å². The molecule has 132 valence electrons. The summed E-state index contributed by atoms with van der Waals surface area (Å²) < 4.78 is 7.18. The number of piperidine rings is 1. The van der Waals surface area contributed by atoms with Crippen molar-refractivity contribution in [2.75, 3.05) is 19.7 Å². The van der Waals surface area contributed by atoms with Crippen LogP contribution >= 0.6 is 0 Å². The van der Waals surface area contributed by atoms with E-state index in [1.165, 1.54) is 0 Å². The number of ether oxygens (including phenoxy) is 1. The summed E-state index contributed by atoms with van der Waals surface area (Å²) in [6.07, 6.45) is 5.04. The van der Waals surface area contributed by atoms with Crippen LogP contribution in [0.25, 0.3) is 0 Å². The first kappa shape index (κ1) is 17.2. The van der Waals surface area contributed by atoms with Crippen LogP contribution in [0.15, 0.2) is 48.8 Å². The molecule has 6 nitrogen and oxygen atoms in total. The Balaban J connectivity index is 1.58. The highest BCUT2D eigenvalue weighted by molar-refractivity contribution is 5.94. The lowest BCUT2D eigenvalue weighted by atomic mass is 9.81. The lowest BCUT2D eigenvalue weighted by Gasteiger charge is -2.38. The van der Waals surface area contributed by atoms with Gasteiger partial charge in [0.1, 0.15) is 6.61 Å². The van der Waals surface area contributed by atoms with E-state index in [1.54, 1.807) is 27.9 Å². The number of hydrogen-bond donors (Lipinski definition) is 0. The number of esters is 1. The molecule has 1 aromatic heterocycles. The molecule has 0 spiro atoms. The number of rotatable bonds is 5. The Labute approximate surface area is 147 Å². The largest absolute Gasteiger partial charge is 0.463 e. The van der Waals surface area contributed by atoms with Crippen molar-refractivity contribution in [2.24, 2.45) is 5.41 Å². The lowest BCUT2D eigenvalue weighted by Crippen LogP contribution is -2.49. The van der Waals surface area contributed by atoms with Gasteiger partial charge in [-0.3, -0.25) is 14.3 Å². The Kier molecular flexibility index (Phi) is 5.16. The SMILES string of the molecule is C[C@@]1(C(=O)OCCn2cccn2)CCCN(C(=O)c2ccccc2)C1. The summed E-state index contributed by atoms with van der Waals surface area (Å²) in [6, 6.07) is 11.0. The molecule has 0 N–H and O–H groups in total. The number of amides is 1. The minimum Gasteiger partial charge on any atom is -0.463 e. The summed E-state index contributed by atoms with van der Waals surface area (Å²) in [4.78, 5) is 27.0. The van der Waals surface area contributed by atoms with Gasteiger partial charge in [0.25, 0.3) is 5.91 Å². The third-order valence-electron chi connectivity index (χ3n) is 4.61. The zero-order valence-electron chi connectivity index (χ0n) is 14.4. The van der Waals surface area contributed by atoms with E-state index in [0.29, 0.717) is 25.2 Å². The van der Waals surface area contributed by atoms with Gasteiger partial charge in [-0.25, -0.2) is 0 Å². The molecule has 3 rings (SSSR count). The van der Waals surface area contributed by atoms with Crippen molar-refractivity contribution in [3.63, 3.8) is 0 Å². The molecule has 0 aliphatic carbocycles. The molecule has 1 fully saturated rings. The first-order chi connectivity index (χ1) is 12.1. The van der Waals surface area contributed by atoms with Gasteiger partial charge < -0.3 is 9.64 Å². The molecule has 2 heterocycles. The summed E-state index contributed by atoms with van der Waals surface area (Å²) in [6.45, 7) is 3.75. The van der Waals surface area contributed by atoms with E-state index in [1.807, 2.05) is 37.4 Å². The Morgan fingerprint density at radius 3 is 2.76 bits per heavy atom. The van der Waals surface area contributed by atoms with Crippen molar-refractivity contribution in [1.29, 1.82) is 0 Å². The number of likely N-dealkylation sites (tertiary alicyclic amines) is 1. The predicted molar refractivity (Wildman–Crippen MR) is 92.9 cm³/mol. The number of nitrogens with zero attached hydrogens (tertiary/aromatic N) is 3. The Morgan fingerprint density at radius 2 is 2.04 bits per heavy atom. The quantitative estimate of drug-likeness (QED) is 0.783. The fraction of sp³-hybridized carbons (Fsp3) is 0.421. The molecule has 0 radical (unpaired) electrons. The molecule has 0 unspecified atom stereocenters. The fourth-order valence-corrected chi connectivity index (χ4v) is 3.18. The van der Waals surface area contributed by atoms with Crippen molar-refractivity contribution in [2.45, 2.75) is 26.3 Å². The highest BCUT2D eigenvalue weighted by atomic mass is 16.5. The summed E-state index contributed by atoms with van der Waals surface area (Å²) in [5.41, 5.74) is -0.00825. The molecule has 6 heteroatoms. The maximum atomic E-state index is 12.6. The van der Waals surface area contributed by atoms with Gasteiger partial charge in [0.2, 0.25) is 0 Å². The highest BCUT2D eigenvalue weighted by Gasteiger charge is 2.40. The van der Waals surface area contributed by atoms with E-state index in [9.17, 15) is 9.59 Å². The van der Waals surface area contributed by atoms with Gasteiger partial charge in [-0.2, -0.15) is 5.10 Å². The predicted octanol–water partition coefficient (Wildman–Crippen LogP) is 2.37. The highest BCUT2D eigenvalue weighted by Crippen LogP contribution is 2.31. The number of carbonyl (C=O) groups is 2. The van der Waals surface area contributed by atoms with Crippen molar-refractivity contribution >= 4 is 11.9 Å². The standard InChI is InChI=1S/C19H23N3O3/c1-19(18(24)25-14-13-22-12-6-10-20-22)9-5-11-21(15-19)17(23)16-7-3-2-4-8-16/h2-4,6-8,10,12H,5,9,11,13-15H2,1H3/t19-/m1/s1. The number of carbonyl (C=O) groups excluding carboxylic acids is 2. The van der Waals surface area contributed by atoms with Crippen LogP contribution in [0, 0.1) is 5.41 Å². The van der Waals surface area contributed by atoms with Crippen molar-refractivity contribution in [3.8, 4) is 0 Å². The monoisotopic (exact) mass is 341 g/mol. The molecule has 1 atom stereocenters. The maximum absolute atomic E-state index is 12.6. The van der Waals surface area contributed by atoms with Crippen LogP contribution in [-0.4, -0.2) is 46.3 Å². The van der Waals surface area contributed by atoms with Gasteiger partial charge in [0, 0.05) is 31.0 Å². The molecular formula is C19H23N3O3. The molecule has 1 aromatic carbocycles. The van der Waals surface area contributed by atoms with Gasteiger partial charge in [0.15, 0.2) is 0 Å². The molecule has 1 aliphatic heterocycles. The Hall–Kier alpha value is -2.63.